The molecule has 4 nitrogen and oxygen atoms in total. The van der Waals surface area contributed by atoms with E-state index in [1.54, 1.807) is 0 Å². The monoisotopic (exact) mass is 199 g/mol. The van der Waals surface area contributed by atoms with Crippen LogP contribution in [0.25, 0.3) is 0 Å². The molecule has 0 bridgehead atoms. The Balaban J connectivity index is 2.28. The van der Waals surface area contributed by atoms with E-state index in [2.05, 4.69) is 5.32 Å². The third kappa shape index (κ3) is 3.27. The number of carbonyl (C=O) groups is 1. The van der Waals surface area contributed by atoms with E-state index in [4.69, 9.17) is 5.73 Å². The maximum absolute atomic E-state index is 11.8. The number of hydrogen-bond donors (Lipinski definition) is 2. The molecule has 0 aromatic carbocycles. The molecule has 4 heteroatoms. The highest BCUT2D eigenvalue weighted by Gasteiger charge is 2.22. The van der Waals surface area contributed by atoms with Gasteiger partial charge in [0.1, 0.15) is 0 Å². The Morgan fingerprint density at radius 3 is 2.50 bits per heavy atom. The van der Waals surface area contributed by atoms with E-state index in [1.165, 1.54) is 0 Å². The highest BCUT2D eigenvalue weighted by molar-refractivity contribution is 5.81. The molecule has 1 heterocycles. The third-order valence-electron chi connectivity index (χ3n) is 2.53. The summed E-state index contributed by atoms with van der Waals surface area (Å²) in [6.07, 6.45) is 2.29. The number of nitrogens with one attached hydrogen (secondary N) is 1. The van der Waals surface area contributed by atoms with Crippen LogP contribution < -0.4 is 11.1 Å². The summed E-state index contributed by atoms with van der Waals surface area (Å²) >= 11 is 0. The van der Waals surface area contributed by atoms with E-state index < -0.39 is 0 Å². The summed E-state index contributed by atoms with van der Waals surface area (Å²) in [6, 6.07) is 0.00271. The zero-order valence-corrected chi connectivity index (χ0v) is 9.12. The largest absolute Gasteiger partial charge is 0.341 e. The second-order valence-electron chi connectivity index (χ2n) is 4.14. The fraction of sp³-hybridized carbons (Fsp3) is 0.900. The summed E-state index contributed by atoms with van der Waals surface area (Å²) in [7, 11) is 0. The van der Waals surface area contributed by atoms with Crippen molar-refractivity contribution < 1.29 is 4.79 Å². The van der Waals surface area contributed by atoms with E-state index in [9.17, 15) is 4.79 Å². The van der Waals surface area contributed by atoms with Crippen LogP contribution in [0, 0.1) is 0 Å². The number of hydrogen-bond acceptors (Lipinski definition) is 3. The van der Waals surface area contributed by atoms with Gasteiger partial charge in [-0.3, -0.25) is 4.79 Å². The minimum atomic E-state index is -0.0981. The zero-order chi connectivity index (χ0) is 10.6. The standard InChI is InChI=1S/C10H21N3O/c1-8(11)7-12-9(2)10(14)13-5-3-4-6-13/h8-9,12H,3-7,11H2,1-2H3. The van der Waals surface area contributed by atoms with Gasteiger partial charge in [-0.2, -0.15) is 0 Å². The molecule has 1 aliphatic heterocycles. The molecule has 0 radical (unpaired) electrons. The minimum Gasteiger partial charge on any atom is -0.341 e. The molecule has 1 amide bonds. The average molecular weight is 199 g/mol. The van der Waals surface area contributed by atoms with Crippen LogP contribution >= 0.6 is 0 Å². The summed E-state index contributed by atoms with van der Waals surface area (Å²) in [6.45, 7) is 6.37. The van der Waals surface area contributed by atoms with Gasteiger partial charge in [-0.05, 0) is 26.7 Å². The number of rotatable bonds is 4. The predicted octanol–water partition coefficient (Wildman–Crippen LogP) is -0.0659. The van der Waals surface area contributed by atoms with Crippen LogP contribution in [0.3, 0.4) is 0 Å². The van der Waals surface area contributed by atoms with Crippen molar-refractivity contribution in [3.63, 3.8) is 0 Å². The van der Waals surface area contributed by atoms with E-state index >= 15 is 0 Å². The van der Waals surface area contributed by atoms with Crippen molar-refractivity contribution in [1.29, 1.82) is 0 Å². The highest BCUT2D eigenvalue weighted by Crippen LogP contribution is 2.08. The molecular weight excluding hydrogens is 178 g/mol. The van der Waals surface area contributed by atoms with Gasteiger partial charge in [0.05, 0.1) is 6.04 Å². The number of amides is 1. The van der Waals surface area contributed by atoms with Crippen molar-refractivity contribution >= 4 is 5.91 Å². The number of likely N-dealkylation sites (tertiary alicyclic amines) is 1. The van der Waals surface area contributed by atoms with Crippen molar-refractivity contribution in [1.82, 2.24) is 10.2 Å². The molecule has 1 fully saturated rings. The Labute approximate surface area is 85.8 Å². The van der Waals surface area contributed by atoms with E-state index in [-0.39, 0.29) is 18.0 Å². The first-order valence-electron chi connectivity index (χ1n) is 5.39. The van der Waals surface area contributed by atoms with Crippen LogP contribution in [0.4, 0.5) is 0 Å². The van der Waals surface area contributed by atoms with Gasteiger partial charge in [-0.15, -0.1) is 0 Å². The predicted molar refractivity (Wildman–Crippen MR) is 56.9 cm³/mol. The first-order valence-corrected chi connectivity index (χ1v) is 5.39. The van der Waals surface area contributed by atoms with Crippen LogP contribution in [0.1, 0.15) is 26.7 Å². The third-order valence-corrected chi connectivity index (χ3v) is 2.53. The number of nitrogens with zero attached hydrogens (tertiary/aromatic N) is 1. The second kappa shape index (κ2) is 5.32. The Morgan fingerprint density at radius 2 is 2.00 bits per heavy atom. The molecule has 0 aromatic heterocycles. The lowest BCUT2D eigenvalue weighted by Gasteiger charge is -2.21. The van der Waals surface area contributed by atoms with Gasteiger partial charge in [-0.25, -0.2) is 0 Å². The molecule has 2 atom stereocenters. The molecule has 2 unspecified atom stereocenters. The zero-order valence-electron chi connectivity index (χ0n) is 9.12. The summed E-state index contributed by atoms with van der Waals surface area (Å²) in [4.78, 5) is 13.7. The van der Waals surface area contributed by atoms with Crippen LogP contribution in [0.2, 0.25) is 0 Å². The Hall–Kier alpha value is -0.610. The molecule has 0 spiro atoms. The summed E-state index contributed by atoms with van der Waals surface area (Å²) in [5.74, 6) is 0.211. The van der Waals surface area contributed by atoms with Gasteiger partial charge in [0.15, 0.2) is 0 Å². The van der Waals surface area contributed by atoms with Gasteiger partial charge in [0, 0.05) is 25.7 Å². The minimum absolute atomic E-state index is 0.0981. The van der Waals surface area contributed by atoms with Gasteiger partial charge < -0.3 is 16.0 Å². The van der Waals surface area contributed by atoms with Crippen molar-refractivity contribution in [2.75, 3.05) is 19.6 Å². The smallest absolute Gasteiger partial charge is 0.239 e. The first-order chi connectivity index (χ1) is 6.61. The van der Waals surface area contributed by atoms with E-state index in [1.807, 2.05) is 18.7 Å². The maximum atomic E-state index is 11.8. The summed E-state index contributed by atoms with van der Waals surface area (Å²) < 4.78 is 0. The first kappa shape index (κ1) is 11.5. The van der Waals surface area contributed by atoms with Crippen molar-refractivity contribution in [3.05, 3.63) is 0 Å². The second-order valence-corrected chi connectivity index (χ2v) is 4.14. The van der Waals surface area contributed by atoms with Crippen LogP contribution in [-0.2, 0) is 4.79 Å². The summed E-state index contributed by atoms with van der Waals surface area (Å²) in [5, 5.41) is 3.14. The molecule has 3 N–H and O–H groups in total. The topological polar surface area (TPSA) is 58.4 Å². The lowest BCUT2D eigenvalue weighted by Crippen LogP contribution is -2.46. The molecule has 1 saturated heterocycles. The lowest BCUT2D eigenvalue weighted by atomic mass is 10.2. The molecule has 0 saturated carbocycles. The molecule has 1 rings (SSSR count). The molecule has 0 aromatic rings. The van der Waals surface area contributed by atoms with Gasteiger partial charge in [0.25, 0.3) is 0 Å². The maximum Gasteiger partial charge on any atom is 0.239 e. The van der Waals surface area contributed by atoms with Crippen molar-refractivity contribution in [3.8, 4) is 0 Å². The van der Waals surface area contributed by atoms with E-state index in [0.717, 1.165) is 25.9 Å². The molecule has 14 heavy (non-hydrogen) atoms. The normalized spacial score (nSPS) is 20.9. The van der Waals surface area contributed by atoms with Crippen molar-refractivity contribution in [2.45, 2.75) is 38.8 Å². The van der Waals surface area contributed by atoms with Gasteiger partial charge in [0.2, 0.25) is 5.91 Å². The molecular formula is C10H21N3O. The van der Waals surface area contributed by atoms with Gasteiger partial charge in [-0.1, -0.05) is 0 Å². The SMILES string of the molecule is CC(N)CNC(C)C(=O)N1CCCC1. The molecule has 82 valence electrons. The number of nitrogens with two attached hydrogens (primary N) is 1. The van der Waals surface area contributed by atoms with Crippen LogP contribution in [-0.4, -0.2) is 42.5 Å². The lowest BCUT2D eigenvalue weighted by molar-refractivity contribution is -0.131. The van der Waals surface area contributed by atoms with E-state index in [0.29, 0.717) is 6.54 Å². The Kier molecular flexibility index (Phi) is 4.35. The van der Waals surface area contributed by atoms with Gasteiger partial charge >= 0.3 is 0 Å². The van der Waals surface area contributed by atoms with Crippen LogP contribution in [0.15, 0.2) is 0 Å². The Morgan fingerprint density at radius 1 is 1.43 bits per heavy atom. The molecule has 1 aliphatic rings. The molecule has 0 aliphatic carbocycles. The quantitative estimate of drug-likeness (QED) is 0.666. The average Bonchev–Trinajstić information content (AvgIpc) is 2.65. The fourth-order valence-electron chi connectivity index (χ4n) is 1.66. The summed E-state index contributed by atoms with van der Waals surface area (Å²) in [5.41, 5.74) is 5.61. The van der Waals surface area contributed by atoms with Crippen molar-refractivity contribution in [2.24, 2.45) is 5.73 Å². The van der Waals surface area contributed by atoms with Crippen LogP contribution in [0.5, 0.6) is 0 Å². The Bertz CT molecular complexity index is 188. The highest BCUT2D eigenvalue weighted by atomic mass is 16.2. The number of carbonyl (C=O) groups excluding carboxylic acids is 1. The fourth-order valence-corrected chi connectivity index (χ4v) is 1.66.